The Balaban J connectivity index is 1.69. The van der Waals surface area contributed by atoms with Gasteiger partial charge in [0.15, 0.2) is 0 Å². The lowest BCUT2D eigenvalue weighted by Gasteiger charge is -2.40. The molecule has 1 aromatic rings. The molecule has 0 amide bonds. The van der Waals surface area contributed by atoms with E-state index in [9.17, 15) is 4.39 Å². The van der Waals surface area contributed by atoms with Crippen molar-refractivity contribution >= 4 is 0 Å². The molecule has 0 aliphatic carbocycles. The summed E-state index contributed by atoms with van der Waals surface area (Å²) in [5.41, 5.74) is 6.86. The van der Waals surface area contributed by atoms with Crippen LogP contribution < -0.4 is 11.1 Å². The first kappa shape index (κ1) is 12.5. The van der Waals surface area contributed by atoms with Crippen LogP contribution in [0.2, 0.25) is 0 Å². The van der Waals surface area contributed by atoms with E-state index in [1.54, 1.807) is 12.1 Å². The summed E-state index contributed by atoms with van der Waals surface area (Å²) in [5.74, 6) is -0.173. The van der Waals surface area contributed by atoms with Crippen LogP contribution in [0, 0.1) is 11.2 Å². The molecule has 0 saturated carbocycles. The minimum Gasteiger partial charge on any atom is -0.380 e. The molecule has 2 rings (SSSR count). The van der Waals surface area contributed by atoms with Gasteiger partial charge in [-0.2, -0.15) is 0 Å². The minimum atomic E-state index is -0.173. The van der Waals surface area contributed by atoms with Crippen molar-refractivity contribution in [2.75, 3.05) is 32.8 Å². The normalized spacial score (nSPS) is 17.8. The van der Waals surface area contributed by atoms with E-state index in [-0.39, 0.29) is 11.2 Å². The van der Waals surface area contributed by atoms with Gasteiger partial charge in [0.1, 0.15) is 5.82 Å². The second kappa shape index (κ2) is 5.58. The Morgan fingerprint density at radius 1 is 1.41 bits per heavy atom. The van der Waals surface area contributed by atoms with Gasteiger partial charge in [-0.05, 0) is 30.7 Å². The van der Waals surface area contributed by atoms with Crippen LogP contribution in [0.5, 0.6) is 0 Å². The SMILES string of the molecule is NCC1(CNCCc2cccc(F)c2)COC1. The van der Waals surface area contributed by atoms with E-state index in [0.29, 0.717) is 6.54 Å². The summed E-state index contributed by atoms with van der Waals surface area (Å²) in [5, 5.41) is 3.36. The summed E-state index contributed by atoms with van der Waals surface area (Å²) in [6, 6.07) is 6.72. The summed E-state index contributed by atoms with van der Waals surface area (Å²) in [7, 11) is 0. The van der Waals surface area contributed by atoms with Crippen molar-refractivity contribution in [3.05, 3.63) is 35.6 Å². The van der Waals surface area contributed by atoms with E-state index in [1.165, 1.54) is 6.07 Å². The van der Waals surface area contributed by atoms with Crippen molar-refractivity contribution in [1.29, 1.82) is 0 Å². The van der Waals surface area contributed by atoms with E-state index >= 15 is 0 Å². The fraction of sp³-hybridized carbons (Fsp3) is 0.538. The molecule has 3 N–H and O–H groups in total. The van der Waals surface area contributed by atoms with Crippen LogP contribution >= 0.6 is 0 Å². The molecular weight excluding hydrogens is 219 g/mol. The number of nitrogens with two attached hydrogens (primary N) is 1. The summed E-state index contributed by atoms with van der Waals surface area (Å²) in [6.07, 6.45) is 0.833. The Morgan fingerprint density at radius 2 is 2.24 bits per heavy atom. The molecule has 0 bridgehead atoms. The molecule has 3 nitrogen and oxygen atoms in total. The van der Waals surface area contributed by atoms with Gasteiger partial charge in [-0.25, -0.2) is 4.39 Å². The fourth-order valence-electron chi connectivity index (χ4n) is 1.96. The zero-order valence-electron chi connectivity index (χ0n) is 9.92. The maximum absolute atomic E-state index is 12.9. The smallest absolute Gasteiger partial charge is 0.123 e. The Labute approximate surface area is 101 Å². The maximum Gasteiger partial charge on any atom is 0.123 e. The highest BCUT2D eigenvalue weighted by molar-refractivity contribution is 5.16. The molecule has 1 heterocycles. The molecule has 1 aliphatic rings. The number of rotatable bonds is 6. The third kappa shape index (κ3) is 3.25. The summed E-state index contributed by atoms with van der Waals surface area (Å²) in [4.78, 5) is 0. The number of hydrogen-bond donors (Lipinski definition) is 2. The molecule has 0 aromatic heterocycles. The lowest BCUT2D eigenvalue weighted by atomic mass is 9.86. The number of benzene rings is 1. The van der Waals surface area contributed by atoms with Crippen LogP contribution in [0.4, 0.5) is 4.39 Å². The van der Waals surface area contributed by atoms with Crippen LogP contribution in [0.3, 0.4) is 0 Å². The summed E-state index contributed by atoms with van der Waals surface area (Å²) >= 11 is 0. The van der Waals surface area contributed by atoms with Crippen LogP contribution in [-0.2, 0) is 11.2 Å². The van der Waals surface area contributed by atoms with E-state index in [4.69, 9.17) is 10.5 Å². The van der Waals surface area contributed by atoms with Crippen molar-refractivity contribution in [2.45, 2.75) is 6.42 Å². The number of hydrogen-bond acceptors (Lipinski definition) is 3. The monoisotopic (exact) mass is 238 g/mol. The quantitative estimate of drug-likeness (QED) is 0.725. The second-order valence-corrected chi connectivity index (χ2v) is 4.75. The van der Waals surface area contributed by atoms with Gasteiger partial charge in [-0.15, -0.1) is 0 Å². The average molecular weight is 238 g/mol. The van der Waals surface area contributed by atoms with E-state index in [0.717, 1.165) is 38.3 Å². The number of halogens is 1. The fourth-order valence-corrected chi connectivity index (χ4v) is 1.96. The van der Waals surface area contributed by atoms with Gasteiger partial charge in [0.05, 0.1) is 13.2 Å². The maximum atomic E-state index is 12.9. The third-order valence-electron chi connectivity index (χ3n) is 3.23. The largest absolute Gasteiger partial charge is 0.380 e. The molecule has 4 heteroatoms. The zero-order chi connectivity index (χ0) is 12.1. The Morgan fingerprint density at radius 3 is 2.82 bits per heavy atom. The minimum absolute atomic E-state index is 0.127. The van der Waals surface area contributed by atoms with Gasteiger partial charge in [-0.1, -0.05) is 12.1 Å². The summed E-state index contributed by atoms with van der Waals surface area (Å²) < 4.78 is 18.1. The first-order chi connectivity index (χ1) is 8.24. The highest BCUT2D eigenvalue weighted by atomic mass is 19.1. The Bertz CT molecular complexity index is 361. The number of ether oxygens (including phenoxy) is 1. The van der Waals surface area contributed by atoms with Crippen LogP contribution in [0.15, 0.2) is 24.3 Å². The standard InChI is InChI=1S/C13H19FN2O/c14-12-3-1-2-11(6-12)4-5-16-8-13(7-15)9-17-10-13/h1-3,6,16H,4-5,7-10,15H2. The van der Waals surface area contributed by atoms with Crippen molar-refractivity contribution in [3.8, 4) is 0 Å². The van der Waals surface area contributed by atoms with Crippen LogP contribution in [0.1, 0.15) is 5.56 Å². The number of nitrogens with one attached hydrogen (secondary N) is 1. The molecular formula is C13H19FN2O. The lowest BCUT2D eigenvalue weighted by Crippen LogP contribution is -2.54. The van der Waals surface area contributed by atoms with Crippen molar-refractivity contribution < 1.29 is 9.13 Å². The highest BCUT2D eigenvalue weighted by Crippen LogP contribution is 2.24. The predicted octanol–water partition coefficient (Wildman–Crippen LogP) is 0.933. The van der Waals surface area contributed by atoms with Crippen molar-refractivity contribution in [2.24, 2.45) is 11.1 Å². The molecule has 0 unspecified atom stereocenters. The van der Waals surface area contributed by atoms with Gasteiger partial charge < -0.3 is 15.8 Å². The molecule has 0 spiro atoms. The molecule has 1 aliphatic heterocycles. The van der Waals surface area contributed by atoms with Gasteiger partial charge in [0.25, 0.3) is 0 Å². The molecule has 0 radical (unpaired) electrons. The van der Waals surface area contributed by atoms with Crippen molar-refractivity contribution in [3.63, 3.8) is 0 Å². The van der Waals surface area contributed by atoms with Crippen LogP contribution in [-0.4, -0.2) is 32.8 Å². The van der Waals surface area contributed by atoms with Crippen LogP contribution in [0.25, 0.3) is 0 Å². The molecule has 1 aromatic carbocycles. The second-order valence-electron chi connectivity index (χ2n) is 4.75. The highest BCUT2D eigenvalue weighted by Gasteiger charge is 2.36. The van der Waals surface area contributed by atoms with E-state index in [1.807, 2.05) is 6.07 Å². The molecule has 1 fully saturated rings. The van der Waals surface area contributed by atoms with E-state index < -0.39 is 0 Å². The van der Waals surface area contributed by atoms with Gasteiger partial charge in [-0.3, -0.25) is 0 Å². The molecule has 1 saturated heterocycles. The third-order valence-corrected chi connectivity index (χ3v) is 3.23. The molecule has 0 atom stereocenters. The predicted molar refractivity (Wildman–Crippen MR) is 65.3 cm³/mol. The average Bonchev–Trinajstić information content (AvgIpc) is 2.27. The lowest BCUT2D eigenvalue weighted by molar-refractivity contribution is -0.104. The Hall–Kier alpha value is -0.970. The zero-order valence-corrected chi connectivity index (χ0v) is 9.92. The molecule has 94 valence electrons. The van der Waals surface area contributed by atoms with Gasteiger partial charge >= 0.3 is 0 Å². The van der Waals surface area contributed by atoms with Gasteiger partial charge in [0.2, 0.25) is 0 Å². The topological polar surface area (TPSA) is 47.3 Å². The van der Waals surface area contributed by atoms with Gasteiger partial charge in [0, 0.05) is 18.5 Å². The van der Waals surface area contributed by atoms with Crippen molar-refractivity contribution in [1.82, 2.24) is 5.32 Å². The molecule has 17 heavy (non-hydrogen) atoms. The van der Waals surface area contributed by atoms with E-state index in [2.05, 4.69) is 5.32 Å². The first-order valence-electron chi connectivity index (χ1n) is 5.97. The Kier molecular flexibility index (Phi) is 4.10. The first-order valence-corrected chi connectivity index (χ1v) is 5.97. The summed E-state index contributed by atoms with van der Waals surface area (Å²) in [6.45, 7) is 3.86.